The van der Waals surface area contributed by atoms with Gasteiger partial charge in [-0.05, 0) is 56.7 Å². The number of nitrogens with one attached hydrogen (secondary N) is 1. The summed E-state index contributed by atoms with van der Waals surface area (Å²) in [6.07, 6.45) is 0.223. The molecule has 154 valence electrons. The van der Waals surface area contributed by atoms with Crippen molar-refractivity contribution in [3.8, 4) is 0 Å². The molecule has 0 fully saturated rings. The van der Waals surface area contributed by atoms with E-state index in [1.165, 1.54) is 7.11 Å². The van der Waals surface area contributed by atoms with Gasteiger partial charge < -0.3 is 14.8 Å². The predicted molar refractivity (Wildman–Crippen MR) is 113 cm³/mol. The van der Waals surface area contributed by atoms with Crippen LogP contribution in [0.3, 0.4) is 0 Å². The highest BCUT2D eigenvalue weighted by atomic mass is 79.9. The Bertz CT molecular complexity index is 887. The van der Waals surface area contributed by atoms with E-state index < -0.39 is 23.6 Å². The standard InChI is InChI=1S/C22H24BrNO5/c1-22(2,3)29-20(26)15-10-8-14(9-11-15)12-18(21(27)28-4)24-19(25)16-6-5-7-17(23)13-16/h5-11,13,18H,12H2,1-4H3,(H,24,25)/t18-/m1/s1. The molecule has 0 spiro atoms. The lowest BCUT2D eigenvalue weighted by atomic mass is 10.0. The fourth-order valence-corrected chi connectivity index (χ4v) is 2.96. The number of rotatable bonds is 6. The predicted octanol–water partition coefficient (Wildman–Crippen LogP) is 3.92. The topological polar surface area (TPSA) is 81.7 Å². The zero-order valence-electron chi connectivity index (χ0n) is 16.8. The van der Waals surface area contributed by atoms with Gasteiger partial charge in [-0.2, -0.15) is 0 Å². The van der Waals surface area contributed by atoms with Gasteiger partial charge in [0, 0.05) is 16.5 Å². The minimum Gasteiger partial charge on any atom is -0.467 e. The van der Waals surface area contributed by atoms with E-state index in [1.54, 1.807) is 69.3 Å². The van der Waals surface area contributed by atoms with Gasteiger partial charge in [-0.15, -0.1) is 0 Å². The number of ether oxygens (including phenoxy) is 2. The number of carbonyl (C=O) groups is 3. The molecular formula is C22H24BrNO5. The molecule has 0 saturated heterocycles. The Balaban J connectivity index is 2.11. The lowest BCUT2D eigenvalue weighted by Gasteiger charge is -2.20. The number of esters is 2. The molecule has 2 aromatic carbocycles. The van der Waals surface area contributed by atoms with Gasteiger partial charge in [0.05, 0.1) is 12.7 Å². The van der Waals surface area contributed by atoms with Crippen LogP contribution < -0.4 is 5.32 Å². The fraction of sp³-hybridized carbons (Fsp3) is 0.318. The Labute approximate surface area is 178 Å². The zero-order valence-corrected chi connectivity index (χ0v) is 18.4. The molecule has 6 nitrogen and oxygen atoms in total. The smallest absolute Gasteiger partial charge is 0.338 e. The highest BCUT2D eigenvalue weighted by molar-refractivity contribution is 9.10. The van der Waals surface area contributed by atoms with Crippen molar-refractivity contribution in [3.05, 3.63) is 69.7 Å². The fourth-order valence-electron chi connectivity index (χ4n) is 2.56. The minimum absolute atomic E-state index is 0.223. The molecule has 2 rings (SSSR count). The van der Waals surface area contributed by atoms with Crippen molar-refractivity contribution in [1.82, 2.24) is 5.32 Å². The van der Waals surface area contributed by atoms with Crippen molar-refractivity contribution in [1.29, 1.82) is 0 Å². The largest absolute Gasteiger partial charge is 0.467 e. The summed E-state index contributed by atoms with van der Waals surface area (Å²) in [5.41, 5.74) is 1.02. The Morgan fingerprint density at radius 2 is 1.69 bits per heavy atom. The normalized spacial score (nSPS) is 12.0. The van der Waals surface area contributed by atoms with Crippen LogP contribution in [-0.2, 0) is 20.7 Å². The van der Waals surface area contributed by atoms with Crippen LogP contribution in [0.25, 0.3) is 0 Å². The van der Waals surface area contributed by atoms with E-state index in [-0.39, 0.29) is 12.3 Å². The van der Waals surface area contributed by atoms with Crippen LogP contribution in [0.15, 0.2) is 53.0 Å². The maximum absolute atomic E-state index is 12.5. The molecule has 0 radical (unpaired) electrons. The number of hydrogen-bond donors (Lipinski definition) is 1. The number of carbonyl (C=O) groups excluding carboxylic acids is 3. The Morgan fingerprint density at radius 3 is 2.24 bits per heavy atom. The number of amides is 1. The van der Waals surface area contributed by atoms with E-state index in [1.807, 2.05) is 0 Å². The van der Waals surface area contributed by atoms with Gasteiger partial charge in [-0.25, -0.2) is 9.59 Å². The summed E-state index contributed by atoms with van der Waals surface area (Å²) >= 11 is 3.32. The van der Waals surface area contributed by atoms with E-state index in [9.17, 15) is 14.4 Å². The summed E-state index contributed by atoms with van der Waals surface area (Å²) in [5, 5.41) is 2.70. The molecule has 0 bridgehead atoms. The van der Waals surface area contributed by atoms with E-state index in [0.717, 1.165) is 10.0 Å². The van der Waals surface area contributed by atoms with E-state index in [4.69, 9.17) is 9.47 Å². The number of hydrogen-bond acceptors (Lipinski definition) is 5. The number of benzene rings is 2. The third kappa shape index (κ3) is 7.02. The van der Waals surface area contributed by atoms with Gasteiger partial charge in [0.2, 0.25) is 0 Å². The summed E-state index contributed by atoms with van der Waals surface area (Å²) < 4.78 is 10.9. The Kier molecular flexibility index (Phi) is 7.56. The summed E-state index contributed by atoms with van der Waals surface area (Å²) in [6, 6.07) is 12.7. The first kappa shape index (κ1) is 22.6. The highest BCUT2D eigenvalue weighted by Crippen LogP contribution is 2.15. The van der Waals surface area contributed by atoms with Gasteiger partial charge in [0.25, 0.3) is 5.91 Å². The summed E-state index contributed by atoms with van der Waals surface area (Å²) in [7, 11) is 1.27. The molecule has 0 aliphatic heterocycles. The van der Waals surface area contributed by atoms with E-state index in [2.05, 4.69) is 21.2 Å². The molecule has 0 aliphatic carbocycles. The van der Waals surface area contributed by atoms with Crippen molar-refractivity contribution in [2.45, 2.75) is 38.8 Å². The first-order valence-electron chi connectivity index (χ1n) is 9.05. The lowest BCUT2D eigenvalue weighted by Crippen LogP contribution is -2.43. The molecule has 1 atom stereocenters. The molecule has 1 N–H and O–H groups in total. The first-order chi connectivity index (χ1) is 13.6. The van der Waals surface area contributed by atoms with Gasteiger partial charge >= 0.3 is 11.9 Å². The Morgan fingerprint density at radius 1 is 1.03 bits per heavy atom. The summed E-state index contributed by atoms with van der Waals surface area (Å²) in [6.45, 7) is 5.40. The number of halogens is 1. The molecule has 0 aliphatic rings. The zero-order chi connectivity index (χ0) is 21.6. The second-order valence-electron chi connectivity index (χ2n) is 7.46. The van der Waals surface area contributed by atoms with E-state index >= 15 is 0 Å². The molecule has 0 heterocycles. The van der Waals surface area contributed by atoms with Crippen LogP contribution in [0.2, 0.25) is 0 Å². The van der Waals surface area contributed by atoms with Crippen LogP contribution in [0.5, 0.6) is 0 Å². The van der Waals surface area contributed by atoms with Crippen LogP contribution in [0.4, 0.5) is 0 Å². The van der Waals surface area contributed by atoms with Crippen LogP contribution >= 0.6 is 15.9 Å². The maximum atomic E-state index is 12.5. The van der Waals surface area contributed by atoms with Crippen LogP contribution in [0, 0.1) is 0 Å². The molecule has 1 amide bonds. The second-order valence-corrected chi connectivity index (χ2v) is 8.38. The second kappa shape index (κ2) is 9.69. The van der Waals surface area contributed by atoms with Gasteiger partial charge in [0.1, 0.15) is 11.6 Å². The SMILES string of the molecule is COC(=O)[C@@H](Cc1ccc(C(=O)OC(C)(C)C)cc1)NC(=O)c1cccc(Br)c1. The molecule has 0 saturated carbocycles. The van der Waals surface area contributed by atoms with Gasteiger partial charge in [0.15, 0.2) is 0 Å². The maximum Gasteiger partial charge on any atom is 0.338 e. The van der Waals surface area contributed by atoms with Gasteiger partial charge in [-0.1, -0.05) is 34.1 Å². The van der Waals surface area contributed by atoms with Crippen molar-refractivity contribution in [3.63, 3.8) is 0 Å². The third-order valence-corrected chi connectivity index (χ3v) is 4.40. The van der Waals surface area contributed by atoms with Crippen molar-refractivity contribution < 1.29 is 23.9 Å². The van der Waals surface area contributed by atoms with Gasteiger partial charge in [-0.3, -0.25) is 4.79 Å². The minimum atomic E-state index is -0.862. The molecule has 0 unspecified atom stereocenters. The quantitative estimate of drug-likeness (QED) is 0.659. The lowest BCUT2D eigenvalue weighted by molar-refractivity contribution is -0.142. The summed E-state index contributed by atoms with van der Waals surface area (Å²) in [5.74, 6) is -1.35. The average molecular weight is 462 g/mol. The van der Waals surface area contributed by atoms with E-state index in [0.29, 0.717) is 11.1 Å². The van der Waals surface area contributed by atoms with Crippen LogP contribution in [0.1, 0.15) is 47.1 Å². The molecule has 29 heavy (non-hydrogen) atoms. The first-order valence-corrected chi connectivity index (χ1v) is 9.85. The molecule has 0 aromatic heterocycles. The molecule has 2 aromatic rings. The van der Waals surface area contributed by atoms with Crippen molar-refractivity contribution in [2.75, 3.05) is 7.11 Å². The average Bonchev–Trinajstić information content (AvgIpc) is 2.66. The molecule has 7 heteroatoms. The summed E-state index contributed by atoms with van der Waals surface area (Å²) in [4.78, 5) is 36.8. The van der Waals surface area contributed by atoms with Crippen molar-refractivity contribution in [2.24, 2.45) is 0 Å². The third-order valence-electron chi connectivity index (χ3n) is 3.91. The van der Waals surface area contributed by atoms with Crippen molar-refractivity contribution >= 4 is 33.8 Å². The highest BCUT2D eigenvalue weighted by Gasteiger charge is 2.23. The Hall–Kier alpha value is -2.67. The monoisotopic (exact) mass is 461 g/mol. The number of methoxy groups -OCH3 is 1. The molecular weight excluding hydrogens is 438 g/mol. The van der Waals surface area contributed by atoms with Crippen LogP contribution in [-0.4, -0.2) is 36.6 Å².